The summed E-state index contributed by atoms with van der Waals surface area (Å²) in [6, 6.07) is 10.4. The summed E-state index contributed by atoms with van der Waals surface area (Å²) < 4.78 is 0. The molecule has 2 aromatic rings. The summed E-state index contributed by atoms with van der Waals surface area (Å²) >= 11 is 12.1. The molecule has 0 aliphatic carbocycles. The molecule has 0 radical (unpaired) electrons. The van der Waals surface area contributed by atoms with Gasteiger partial charge in [0.15, 0.2) is 0 Å². The van der Waals surface area contributed by atoms with Crippen molar-refractivity contribution >= 4 is 23.2 Å². The summed E-state index contributed by atoms with van der Waals surface area (Å²) in [6.45, 7) is 3.19. The summed E-state index contributed by atoms with van der Waals surface area (Å²) in [5.74, 6) is 0. The summed E-state index contributed by atoms with van der Waals surface area (Å²) in [6.07, 6.45) is 6.70. The van der Waals surface area contributed by atoms with E-state index in [-0.39, 0.29) is 0 Å². The maximum Gasteiger partial charge on any atom is 0.0595 e. The summed E-state index contributed by atoms with van der Waals surface area (Å²) in [7, 11) is 0. The zero-order chi connectivity index (χ0) is 15.1. The highest BCUT2D eigenvalue weighted by atomic mass is 35.5. The highest BCUT2D eigenvalue weighted by Crippen LogP contribution is 2.23. The molecule has 2 nitrogen and oxygen atoms in total. The minimum Gasteiger partial charge on any atom is -0.313 e. The van der Waals surface area contributed by atoms with E-state index in [0.29, 0.717) is 16.1 Å². The number of aromatic nitrogens is 1. The van der Waals surface area contributed by atoms with Gasteiger partial charge in [-0.3, -0.25) is 4.98 Å². The van der Waals surface area contributed by atoms with Crippen molar-refractivity contribution in [2.75, 3.05) is 6.54 Å². The quantitative estimate of drug-likeness (QED) is 0.809. The van der Waals surface area contributed by atoms with Gasteiger partial charge in [-0.05, 0) is 61.2 Å². The maximum absolute atomic E-state index is 6.10. The van der Waals surface area contributed by atoms with E-state index in [9.17, 15) is 0 Å². The van der Waals surface area contributed by atoms with Gasteiger partial charge in [0.1, 0.15) is 0 Å². The van der Waals surface area contributed by atoms with Gasteiger partial charge in [-0.1, -0.05) is 36.2 Å². The van der Waals surface area contributed by atoms with Gasteiger partial charge in [0.25, 0.3) is 0 Å². The standard InChI is InChI=1S/C17H20Cl2N2/c1-2-7-21-15(10-13-5-8-20-9-6-13)11-14-3-4-16(18)17(19)12-14/h3-6,8-9,12,15,21H,2,7,10-11H2,1H3. The molecule has 0 fully saturated rings. The molecule has 1 atom stereocenters. The third kappa shape index (κ3) is 5.31. The van der Waals surface area contributed by atoms with Crippen LogP contribution >= 0.6 is 23.2 Å². The van der Waals surface area contributed by atoms with E-state index in [4.69, 9.17) is 23.2 Å². The Bertz CT molecular complexity index is 558. The van der Waals surface area contributed by atoms with E-state index in [1.54, 1.807) is 0 Å². The minimum absolute atomic E-state index is 0.379. The number of pyridine rings is 1. The molecule has 0 saturated heterocycles. The normalized spacial score (nSPS) is 12.3. The van der Waals surface area contributed by atoms with Crippen LogP contribution in [-0.2, 0) is 12.8 Å². The molecule has 2 rings (SSSR count). The van der Waals surface area contributed by atoms with Crippen LogP contribution in [0.3, 0.4) is 0 Å². The molecule has 0 bridgehead atoms. The van der Waals surface area contributed by atoms with Gasteiger partial charge in [-0.15, -0.1) is 0 Å². The van der Waals surface area contributed by atoms with Crippen LogP contribution in [0.15, 0.2) is 42.7 Å². The Morgan fingerprint density at radius 1 is 1.00 bits per heavy atom. The second kappa shape index (κ2) is 8.38. The van der Waals surface area contributed by atoms with Crippen molar-refractivity contribution < 1.29 is 0 Å². The summed E-state index contributed by atoms with van der Waals surface area (Å²) in [5.41, 5.74) is 2.49. The molecule has 1 heterocycles. The van der Waals surface area contributed by atoms with E-state index in [0.717, 1.165) is 25.8 Å². The van der Waals surface area contributed by atoms with Crippen LogP contribution in [0.25, 0.3) is 0 Å². The number of benzene rings is 1. The Kier molecular flexibility index (Phi) is 6.50. The van der Waals surface area contributed by atoms with Crippen molar-refractivity contribution in [2.24, 2.45) is 0 Å². The smallest absolute Gasteiger partial charge is 0.0595 e. The van der Waals surface area contributed by atoms with Gasteiger partial charge in [0, 0.05) is 18.4 Å². The van der Waals surface area contributed by atoms with Crippen molar-refractivity contribution in [1.29, 1.82) is 0 Å². The molecule has 0 aliphatic heterocycles. The van der Waals surface area contributed by atoms with Gasteiger partial charge in [-0.25, -0.2) is 0 Å². The molecule has 0 amide bonds. The molecule has 0 aliphatic rings. The molecule has 21 heavy (non-hydrogen) atoms. The summed E-state index contributed by atoms with van der Waals surface area (Å²) in [4.78, 5) is 4.07. The first-order chi connectivity index (χ1) is 10.2. The highest BCUT2D eigenvalue weighted by molar-refractivity contribution is 6.42. The first-order valence-corrected chi connectivity index (χ1v) is 8.01. The lowest BCUT2D eigenvalue weighted by Crippen LogP contribution is -2.33. The first-order valence-electron chi connectivity index (χ1n) is 7.25. The van der Waals surface area contributed by atoms with E-state index >= 15 is 0 Å². The Labute approximate surface area is 136 Å². The number of rotatable bonds is 7. The monoisotopic (exact) mass is 322 g/mol. The van der Waals surface area contributed by atoms with Crippen LogP contribution in [0, 0.1) is 0 Å². The molecular formula is C17H20Cl2N2. The van der Waals surface area contributed by atoms with Crippen LogP contribution in [-0.4, -0.2) is 17.6 Å². The number of nitrogens with one attached hydrogen (secondary N) is 1. The predicted octanol–water partition coefficient (Wildman–Crippen LogP) is 4.54. The number of hydrogen-bond donors (Lipinski definition) is 1. The number of halogens is 2. The minimum atomic E-state index is 0.379. The third-order valence-corrected chi connectivity index (χ3v) is 4.12. The lowest BCUT2D eigenvalue weighted by molar-refractivity contribution is 0.504. The zero-order valence-electron chi connectivity index (χ0n) is 12.2. The van der Waals surface area contributed by atoms with Gasteiger partial charge in [0.05, 0.1) is 10.0 Å². The van der Waals surface area contributed by atoms with E-state index in [1.165, 1.54) is 11.1 Å². The van der Waals surface area contributed by atoms with Crippen LogP contribution in [0.1, 0.15) is 24.5 Å². The van der Waals surface area contributed by atoms with Crippen LogP contribution in [0.4, 0.5) is 0 Å². The molecule has 1 aromatic carbocycles. The van der Waals surface area contributed by atoms with Crippen molar-refractivity contribution in [3.63, 3.8) is 0 Å². The van der Waals surface area contributed by atoms with Gasteiger partial charge >= 0.3 is 0 Å². The SMILES string of the molecule is CCCNC(Cc1ccncc1)Cc1ccc(Cl)c(Cl)c1. The fourth-order valence-corrected chi connectivity index (χ4v) is 2.64. The van der Waals surface area contributed by atoms with Crippen LogP contribution in [0.2, 0.25) is 10.0 Å². The van der Waals surface area contributed by atoms with Crippen LogP contribution < -0.4 is 5.32 Å². The number of hydrogen-bond acceptors (Lipinski definition) is 2. The molecular weight excluding hydrogens is 303 g/mol. The second-order valence-electron chi connectivity index (χ2n) is 5.16. The van der Waals surface area contributed by atoms with Gasteiger partial charge < -0.3 is 5.32 Å². The first kappa shape index (κ1) is 16.3. The largest absolute Gasteiger partial charge is 0.313 e. The summed E-state index contributed by atoms with van der Waals surface area (Å²) in [5, 5.41) is 4.83. The molecule has 4 heteroatoms. The van der Waals surface area contributed by atoms with E-state index in [2.05, 4.69) is 29.4 Å². The molecule has 1 N–H and O–H groups in total. The Hall–Kier alpha value is -1.09. The fourth-order valence-electron chi connectivity index (χ4n) is 2.32. The lowest BCUT2D eigenvalue weighted by Gasteiger charge is -2.19. The average molecular weight is 323 g/mol. The van der Waals surface area contributed by atoms with Gasteiger partial charge in [-0.2, -0.15) is 0 Å². The zero-order valence-corrected chi connectivity index (χ0v) is 13.7. The lowest BCUT2D eigenvalue weighted by atomic mass is 9.99. The molecule has 1 aromatic heterocycles. The third-order valence-electron chi connectivity index (χ3n) is 3.38. The Morgan fingerprint density at radius 2 is 1.71 bits per heavy atom. The van der Waals surface area contributed by atoms with E-state index < -0.39 is 0 Å². The van der Waals surface area contributed by atoms with Gasteiger partial charge in [0.2, 0.25) is 0 Å². The maximum atomic E-state index is 6.10. The Morgan fingerprint density at radius 3 is 2.38 bits per heavy atom. The van der Waals surface area contributed by atoms with Crippen molar-refractivity contribution in [1.82, 2.24) is 10.3 Å². The molecule has 0 spiro atoms. The fraction of sp³-hybridized carbons (Fsp3) is 0.353. The topological polar surface area (TPSA) is 24.9 Å². The molecule has 112 valence electrons. The highest BCUT2D eigenvalue weighted by Gasteiger charge is 2.11. The average Bonchev–Trinajstić information content (AvgIpc) is 2.49. The van der Waals surface area contributed by atoms with E-state index in [1.807, 2.05) is 30.6 Å². The molecule has 0 saturated carbocycles. The van der Waals surface area contributed by atoms with Crippen molar-refractivity contribution in [2.45, 2.75) is 32.2 Å². The Balaban J connectivity index is 2.06. The number of nitrogens with zero attached hydrogens (tertiary/aromatic N) is 1. The van der Waals surface area contributed by atoms with Crippen molar-refractivity contribution in [3.8, 4) is 0 Å². The van der Waals surface area contributed by atoms with Crippen LogP contribution in [0.5, 0.6) is 0 Å². The molecule has 1 unspecified atom stereocenters. The van der Waals surface area contributed by atoms with Crippen molar-refractivity contribution in [3.05, 3.63) is 63.9 Å². The predicted molar refractivity (Wildman–Crippen MR) is 90.2 cm³/mol. The second-order valence-corrected chi connectivity index (χ2v) is 5.98.